The van der Waals surface area contributed by atoms with Crippen LogP contribution < -0.4 is 0 Å². The minimum Gasteiger partial charge on any atom is -0.502 e. The van der Waals surface area contributed by atoms with Gasteiger partial charge in [0.15, 0.2) is 29.1 Å². The quantitative estimate of drug-likeness (QED) is 0.222. The molecule has 1 aromatic carbocycles. The van der Waals surface area contributed by atoms with E-state index in [2.05, 4.69) is 0 Å². The number of hydrogen-bond acceptors (Lipinski definition) is 3. The predicted octanol–water partition coefficient (Wildman–Crippen LogP) is 2.09. The van der Waals surface area contributed by atoms with Crippen molar-refractivity contribution in [3.63, 3.8) is 0 Å². The molecule has 9 heteroatoms. The number of carbonyl (C=O) groups is 2. The average Bonchev–Trinajstić information content (AvgIpc) is 2.34. The first-order valence-corrected chi connectivity index (χ1v) is 4.38. The van der Waals surface area contributed by atoms with E-state index in [0.29, 0.717) is 0 Å². The molecule has 0 saturated heterocycles. The van der Waals surface area contributed by atoms with Gasteiger partial charge in [0.1, 0.15) is 0 Å². The first kappa shape index (κ1) is 14.6. The van der Waals surface area contributed by atoms with Crippen molar-refractivity contribution >= 4 is 11.8 Å². The third-order valence-corrected chi connectivity index (χ3v) is 1.94. The number of carbonyl (C=O) groups excluding carboxylic acids is 1. The molecular weight excluding hydrogens is 279 g/mol. The van der Waals surface area contributed by atoms with Gasteiger partial charge in [-0.3, -0.25) is 4.79 Å². The number of allylic oxidation sites excluding steroid dienone is 1. The molecule has 0 bridgehead atoms. The standard InChI is InChI=1S/C10H3F5O4/c11-5-4(2(16)1-3(17)10(18)19)6(12)8(14)9(15)7(5)13/h1,17H,(H,18,19)/b3-1-. The maximum Gasteiger partial charge on any atom is 0.371 e. The van der Waals surface area contributed by atoms with Crippen LogP contribution in [0.15, 0.2) is 11.8 Å². The third kappa shape index (κ3) is 2.54. The van der Waals surface area contributed by atoms with Crippen molar-refractivity contribution in [3.05, 3.63) is 46.5 Å². The van der Waals surface area contributed by atoms with Gasteiger partial charge < -0.3 is 10.2 Å². The topological polar surface area (TPSA) is 74.6 Å². The lowest BCUT2D eigenvalue weighted by Gasteiger charge is -2.05. The van der Waals surface area contributed by atoms with Crippen molar-refractivity contribution in [3.8, 4) is 0 Å². The molecule has 0 unspecified atom stereocenters. The SMILES string of the molecule is O=C(O)/C(O)=C/C(=O)c1c(F)c(F)c(F)c(F)c1F. The fourth-order valence-corrected chi connectivity index (χ4v) is 1.08. The van der Waals surface area contributed by atoms with E-state index in [0.717, 1.165) is 0 Å². The number of rotatable bonds is 3. The van der Waals surface area contributed by atoms with Crippen LogP contribution in [0.25, 0.3) is 0 Å². The van der Waals surface area contributed by atoms with Gasteiger partial charge in [0.05, 0.1) is 5.56 Å². The zero-order valence-electron chi connectivity index (χ0n) is 8.68. The van der Waals surface area contributed by atoms with E-state index < -0.39 is 52.2 Å². The van der Waals surface area contributed by atoms with Crippen LogP contribution in [0.5, 0.6) is 0 Å². The summed E-state index contributed by atoms with van der Waals surface area (Å²) < 4.78 is 64.4. The Bertz CT molecular complexity index is 579. The smallest absolute Gasteiger partial charge is 0.371 e. The highest BCUT2D eigenvalue weighted by Crippen LogP contribution is 2.23. The fraction of sp³-hybridized carbons (Fsp3) is 0. The summed E-state index contributed by atoms with van der Waals surface area (Å²) in [5.74, 6) is -17.5. The number of carboxylic acid groups (broad SMARTS) is 1. The number of halogens is 5. The highest BCUT2D eigenvalue weighted by atomic mass is 19.2. The molecule has 2 N–H and O–H groups in total. The molecule has 0 amide bonds. The summed E-state index contributed by atoms with van der Waals surface area (Å²) in [4.78, 5) is 21.3. The minimum absolute atomic E-state index is 0.180. The van der Waals surface area contributed by atoms with Crippen molar-refractivity contribution in [2.45, 2.75) is 0 Å². The van der Waals surface area contributed by atoms with Gasteiger partial charge >= 0.3 is 5.97 Å². The summed E-state index contributed by atoms with van der Waals surface area (Å²) in [6.45, 7) is 0. The maximum atomic E-state index is 13.1. The van der Waals surface area contributed by atoms with Gasteiger partial charge in [-0.15, -0.1) is 0 Å². The van der Waals surface area contributed by atoms with Crippen molar-refractivity contribution in [1.29, 1.82) is 0 Å². The molecule has 0 spiro atoms. The summed E-state index contributed by atoms with van der Waals surface area (Å²) in [5, 5.41) is 16.9. The largest absolute Gasteiger partial charge is 0.502 e. The first-order valence-electron chi connectivity index (χ1n) is 4.38. The number of benzene rings is 1. The zero-order chi connectivity index (χ0) is 14.9. The monoisotopic (exact) mass is 282 g/mol. The Morgan fingerprint density at radius 3 is 1.53 bits per heavy atom. The van der Waals surface area contributed by atoms with Crippen molar-refractivity contribution in [2.75, 3.05) is 0 Å². The summed E-state index contributed by atoms with van der Waals surface area (Å²) in [6.07, 6.45) is -0.180. The molecule has 4 nitrogen and oxygen atoms in total. The summed E-state index contributed by atoms with van der Waals surface area (Å²) in [7, 11) is 0. The van der Waals surface area contributed by atoms with E-state index in [1.165, 1.54) is 0 Å². The molecule has 0 aromatic heterocycles. The molecule has 0 atom stereocenters. The average molecular weight is 282 g/mol. The van der Waals surface area contributed by atoms with E-state index in [-0.39, 0.29) is 6.08 Å². The molecule has 0 aliphatic carbocycles. The molecule has 0 aliphatic rings. The summed E-state index contributed by atoms with van der Waals surface area (Å²) in [5.41, 5.74) is -1.86. The Kier molecular flexibility index (Phi) is 3.88. The second-order valence-corrected chi connectivity index (χ2v) is 3.14. The molecule has 0 radical (unpaired) electrons. The van der Waals surface area contributed by atoms with Gasteiger partial charge in [0, 0.05) is 6.08 Å². The lowest BCUT2D eigenvalue weighted by Crippen LogP contribution is -2.12. The van der Waals surface area contributed by atoms with E-state index in [9.17, 15) is 31.5 Å². The van der Waals surface area contributed by atoms with Gasteiger partial charge in [0.2, 0.25) is 11.6 Å². The second-order valence-electron chi connectivity index (χ2n) is 3.14. The van der Waals surface area contributed by atoms with Gasteiger partial charge in [-0.2, -0.15) is 0 Å². The normalized spacial score (nSPS) is 11.5. The first-order chi connectivity index (χ1) is 8.68. The van der Waals surface area contributed by atoms with Crippen LogP contribution in [-0.4, -0.2) is 22.0 Å². The lowest BCUT2D eigenvalue weighted by atomic mass is 10.1. The zero-order valence-corrected chi connectivity index (χ0v) is 8.68. The third-order valence-electron chi connectivity index (χ3n) is 1.94. The fourth-order valence-electron chi connectivity index (χ4n) is 1.08. The number of aliphatic hydroxyl groups excluding tert-OH is 1. The van der Waals surface area contributed by atoms with Crippen LogP contribution in [0.2, 0.25) is 0 Å². The number of hydrogen-bond donors (Lipinski definition) is 2. The minimum atomic E-state index is -2.46. The number of carboxylic acids is 1. The Morgan fingerprint density at radius 1 is 0.789 bits per heavy atom. The van der Waals surface area contributed by atoms with Gasteiger partial charge in [0.25, 0.3) is 0 Å². The van der Waals surface area contributed by atoms with Crippen LogP contribution in [0, 0.1) is 29.1 Å². The Balaban J connectivity index is 3.49. The van der Waals surface area contributed by atoms with Crippen LogP contribution in [0.1, 0.15) is 10.4 Å². The number of aliphatic hydroxyl groups is 1. The molecule has 1 rings (SSSR count). The van der Waals surface area contributed by atoms with Crippen LogP contribution in [-0.2, 0) is 4.79 Å². The van der Waals surface area contributed by atoms with Crippen molar-refractivity contribution in [2.24, 2.45) is 0 Å². The summed E-state index contributed by atoms with van der Waals surface area (Å²) in [6, 6.07) is 0. The van der Waals surface area contributed by atoms with Crippen LogP contribution in [0.3, 0.4) is 0 Å². The molecule has 0 heterocycles. The van der Waals surface area contributed by atoms with E-state index in [1.54, 1.807) is 0 Å². The molecule has 1 aromatic rings. The highest BCUT2D eigenvalue weighted by molar-refractivity contribution is 6.08. The Hall–Kier alpha value is -2.45. The molecule has 0 fully saturated rings. The lowest BCUT2D eigenvalue weighted by molar-refractivity contribution is -0.135. The van der Waals surface area contributed by atoms with Gasteiger partial charge in [-0.25, -0.2) is 26.7 Å². The number of aliphatic carboxylic acids is 1. The summed E-state index contributed by atoms with van der Waals surface area (Å²) >= 11 is 0. The molecule has 19 heavy (non-hydrogen) atoms. The van der Waals surface area contributed by atoms with Crippen molar-refractivity contribution < 1.29 is 41.8 Å². The molecular formula is C10H3F5O4. The highest BCUT2D eigenvalue weighted by Gasteiger charge is 2.29. The molecule has 0 saturated carbocycles. The van der Waals surface area contributed by atoms with Crippen LogP contribution >= 0.6 is 0 Å². The number of ketones is 1. The maximum absolute atomic E-state index is 13.1. The predicted molar refractivity (Wildman–Crippen MR) is 48.9 cm³/mol. The van der Waals surface area contributed by atoms with Crippen molar-refractivity contribution in [1.82, 2.24) is 0 Å². The van der Waals surface area contributed by atoms with Crippen LogP contribution in [0.4, 0.5) is 22.0 Å². The van der Waals surface area contributed by atoms with Gasteiger partial charge in [-0.05, 0) is 0 Å². The van der Waals surface area contributed by atoms with E-state index in [4.69, 9.17) is 10.2 Å². The Morgan fingerprint density at radius 2 is 1.16 bits per heavy atom. The van der Waals surface area contributed by atoms with E-state index >= 15 is 0 Å². The second kappa shape index (κ2) is 5.04. The van der Waals surface area contributed by atoms with Gasteiger partial charge in [-0.1, -0.05) is 0 Å². The Labute approximate surface area is 101 Å². The molecule has 0 aliphatic heterocycles. The van der Waals surface area contributed by atoms with E-state index in [1.807, 2.05) is 0 Å². The molecule has 102 valence electrons.